The fraction of sp³-hybridized carbons (Fsp3) is 0.259. The van der Waals surface area contributed by atoms with Gasteiger partial charge in [0.25, 0.3) is 5.91 Å². The van der Waals surface area contributed by atoms with Crippen molar-refractivity contribution in [2.45, 2.75) is 25.9 Å². The minimum atomic E-state index is -0.162. The molecule has 7 nitrogen and oxygen atoms in total. The Labute approximate surface area is 199 Å². The number of hydrogen-bond acceptors (Lipinski definition) is 5. The number of imidazole rings is 1. The topological polar surface area (TPSA) is 74.6 Å². The second-order valence-corrected chi connectivity index (χ2v) is 7.81. The predicted octanol–water partition coefficient (Wildman–Crippen LogP) is 4.84. The zero-order chi connectivity index (χ0) is 23.8. The van der Waals surface area contributed by atoms with Gasteiger partial charge in [-0.1, -0.05) is 18.2 Å². The number of amides is 1. The van der Waals surface area contributed by atoms with Gasteiger partial charge in [-0.05, 0) is 67.4 Å². The number of carbonyl (C=O) groups excluding carboxylic acids is 1. The van der Waals surface area contributed by atoms with Crippen molar-refractivity contribution in [2.24, 2.45) is 0 Å². The number of aryl methyl sites for hydroxylation is 1. The van der Waals surface area contributed by atoms with Crippen LogP contribution in [0.4, 0.5) is 0 Å². The number of aromatic nitrogens is 2. The summed E-state index contributed by atoms with van der Waals surface area (Å²) >= 11 is 0. The minimum absolute atomic E-state index is 0.162. The van der Waals surface area contributed by atoms with Crippen molar-refractivity contribution >= 4 is 16.9 Å². The maximum atomic E-state index is 12.7. The Hall–Kier alpha value is -4.00. The molecule has 0 unspecified atom stereocenters. The van der Waals surface area contributed by atoms with Gasteiger partial charge in [0.15, 0.2) is 0 Å². The molecular weight excluding hydrogens is 430 g/mol. The molecule has 4 aromatic rings. The first-order chi connectivity index (χ1) is 16.7. The molecule has 1 N–H and O–H groups in total. The summed E-state index contributed by atoms with van der Waals surface area (Å²) in [7, 11) is 3.23. The summed E-state index contributed by atoms with van der Waals surface area (Å²) in [6.07, 6.45) is 1.82. The van der Waals surface area contributed by atoms with Gasteiger partial charge in [-0.15, -0.1) is 0 Å². The number of methoxy groups -OCH3 is 2. The van der Waals surface area contributed by atoms with E-state index < -0.39 is 0 Å². The van der Waals surface area contributed by atoms with Gasteiger partial charge in [-0.25, -0.2) is 4.98 Å². The third-order valence-corrected chi connectivity index (χ3v) is 5.58. The van der Waals surface area contributed by atoms with E-state index in [2.05, 4.69) is 16.0 Å². The lowest BCUT2D eigenvalue weighted by Gasteiger charge is -2.11. The van der Waals surface area contributed by atoms with Crippen LogP contribution in [0.15, 0.2) is 72.8 Å². The number of fused-ring (bicyclic) bond motifs is 1. The molecule has 34 heavy (non-hydrogen) atoms. The summed E-state index contributed by atoms with van der Waals surface area (Å²) < 4.78 is 18.4. The smallest absolute Gasteiger partial charge is 0.251 e. The number of ether oxygens (including phenoxy) is 3. The van der Waals surface area contributed by atoms with Crippen LogP contribution in [0.1, 0.15) is 29.0 Å². The number of carbonyl (C=O) groups is 1. The van der Waals surface area contributed by atoms with Crippen molar-refractivity contribution < 1.29 is 19.0 Å². The maximum absolute atomic E-state index is 12.7. The molecule has 0 atom stereocenters. The standard InChI is InChI=1S/C27H29N3O4/c1-32-21-12-14-22(15-13-21)34-17-6-5-16-30-25-11-4-3-10-24(25)29-26(30)19-28-27(31)20-8-7-9-23(18-20)33-2/h3-4,7-15,18H,5-6,16-17,19H2,1-2H3,(H,28,31). The lowest BCUT2D eigenvalue weighted by atomic mass is 10.2. The molecule has 0 fully saturated rings. The summed E-state index contributed by atoms with van der Waals surface area (Å²) in [6, 6.07) is 22.7. The molecule has 0 saturated carbocycles. The second kappa shape index (κ2) is 11.2. The number of benzene rings is 3. The van der Waals surface area contributed by atoms with Gasteiger partial charge in [0, 0.05) is 12.1 Å². The fourth-order valence-corrected chi connectivity index (χ4v) is 3.77. The first-order valence-electron chi connectivity index (χ1n) is 11.3. The molecule has 1 amide bonds. The van der Waals surface area contributed by atoms with Crippen LogP contribution in [0.5, 0.6) is 17.2 Å². The largest absolute Gasteiger partial charge is 0.497 e. The van der Waals surface area contributed by atoms with E-state index in [9.17, 15) is 4.79 Å². The highest BCUT2D eigenvalue weighted by atomic mass is 16.5. The number of para-hydroxylation sites is 2. The van der Waals surface area contributed by atoms with Crippen LogP contribution in [0.25, 0.3) is 11.0 Å². The highest BCUT2D eigenvalue weighted by molar-refractivity contribution is 5.94. The molecule has 7 heteroatoms. The molecule has 3 aromatic carbocycles. The van der Waals surface area contributed by atoms with E-state index in [0.717, 1.165) is 47.7 Å². The Balaban J connectivity index is 1.36. The number of hydrogen-bond donors (Lipinski definition) is 1. The highest BCUT2D eigenvalue weighted by Gasteiger charge is 2.13. The van der Waals surface area contributed by atoms with Crippen LogP contribution in [-0.4, -0.2) is 36.3 Å². The molecule has 1 aromatic heterocycles. The van der Waals surface area contributed by atoms with Crippen LogP contribution in [0, 0.1) is 0 Å². The first-order valence-corrected chi connectivity index (χ1v) is 11.3. The Kier molecular flexibility index (Phi) is 7.65. The molecule has 1 heterocycles. The SMILES string of the molecule is COc1ccc(OCCCCn2c(CNC(=O)c3cccc(OC)c3)nc3ccccc32)cc1. The summed E-state index contributed by atoms with van der Waals surface area (Å²) in [6.45, 7) is 1.75. The van der Waals surface area contributed by atoms with E-state index in [4.69, 9.17) is 19.2 Å². The molecule has 0 bridgehead atoms. The summed E-state index contributed by atoms with van der Waals surface area (Å²) in [5.74, 6) is 2.95. The Bertz CT molecular complexity index is 1230. The van der Waals surface area contributed by atoms with E-state index in [0.29, 0.717) is 24.5 Å². The normalized spacial score (nSPS) is 10.8. The lowest BCUT2D eigenvalue weighted by molar-refractivity contribution is 0.0949. The van der Waals surface area contributed by atoms with Crippen molar-refractivity contribution in [1.82, 2.24) is 14.9 Å². The summed E-state index contributed by atoms with van der Waals surface area (Å²) in [5, 5.41) is 2.99. The van der Waals surface area contributed by atoms with E-state index in [1.54, 1.807) is 32.4 Å². The highest BCUT2D eigenvalue weighted by Crippen LogP contribution is 2.19. The molecule has 0 spiro atoms. The zero-order valence-corrected chi connectivity index (χ0v) is 19.5. The van der Waals surface area contributed by atoms with Crippen molar-refractivity contribution in [3.05, 3.63) is 84.2 Å². The third-order valence-electron chi connectivity index (χ3n) is 5.58. The van der Waals surface area contributed by atoms with Crippen LogP contribution in [0.2, 0.25) is 0 Å². The average Bonchev–Trinajstić information content (AvgIpc) is 3.24. The van der Waals surface area contributed by atoms with Crippen molar-refractivity contribution in [3.63, 3.8) is 0 Å². The molecule has 0 aliphatic rings. The van der Waals surface area contributed by atoms with Crippen LogP contribution >= 0.6 is 0 Å². The van der Waals surface area contributed by atoms with Crippen molar-refractivity contribution in [3.8, 4) is 17.2 Å². The third kappa shape index (κ3) is 5.67. The van der Waals surface area contributed by atoms with Gasteiger partial charge in [-0.2, -0.15) is 0 Å². The molecule has 0 aliphatic carbocycles. The van der Waals surface area contributed by atoms with Gasteiger partial charge < -0.3 is 24.1 Å². The maximum Gasteiger partial charge on any atom is 0.251 e. The lowest BCUT2D eigenvalue weighted by Crippen LogP contribution is -2.24. The second-order valence-electron chi connectivity index (χ2n) is 7.81. The average molecular weight is 460 g/mol. The van der Waals surface area contributed by atoms with E-state index in [-0.39, 0.29) is 5.91 Å². The minimum Gasteiger partial charge on any atom is -0.497 e. The molecule has 4 rings (SSSR count). The summed E-state index contributed by atoms with van der Waals surface area (Å²) in [5.41, 5.74) is 2.53. The van der Waals surface area contributed by atoms with Gasteiger partial charge in [0.05, 0.1) is 38.4 Å². The van der Waals surface area contributed by atoms with Crippen LogP contribution in [-0.2, 0) is 13.1 Å². The van der Waals surface area contributed by atoms with Crippen LogP contribution < -0.4 is 19.5 Å². The van der Waals surface area contributed by atoms with E-state index in [1.165, 1.54) is 0 Å². The molecule has 0 aliphatic heterocycles. The summed E-state index contributed by atoms with van der Waals surface area (Å²) in [4.78, 5) is 17.4. The van der Waals surface area contributed by atoms with Gasteiger partial charge in [0.2, 0.25) is 0 Å². The van der Waals surface area contributed by atoms with Crippen molar-refractivity contribution in [1.29, 1.82) is 0 Å². The predicted molar refractivity (Wildman–Crippen MR) is 132 cm³/mol. The monoisotopic (exact) mass is 459 g/mol. The number of nitrogens with one attached hydrogen (secondary N) is 1. The van der Waals surface area contributed by atoms with Crippen molar-refractivity contribution in [2.75, 3.05) is 20.8 Å². The van der Waals surface area contributed by atoms with E-state index >= 15 is 0 Å². The molecular formula is C27H29N3O4. The quantitative estimate of drug-likeness (QED) is 0.325. The number of rotatable bonds is 11. The Morgan fingerprint density at radius 1 is 0.882 bits per heavy atom. The molecule has 0 radical (unpaired) electrons. The zero-order valence-electron chi connectivity index (χ0n) is 19.5. The van der Waals surface area contributed by atoms with E-state index in [1.807, 2.05) is 48.5 Å². The van der Waals surface area contributed by atoms with Crippen LogP contribution in [0.3, 0.4) is 0 Å². The molecule has 176 valence electrons. The van der Waals surface area contributed by atoms with Gasteiger partial charge in [-0.3, -0.25) is 4.79 Å². The number of unbranched alkanes of at least 4 members (excludes halogenated alkanes) is 1. The fourth-order valence-electron chi connectivity index (χ4n) is 3.77. The van der Waals surface area contributed by atoms with Gasteiger partial charge in [0.1, 0.15) is 23.1 Å². The Morgan fingerprint density at radius 3 is 2.44 bits per heavy atom. The van der Waals surface area contributed by atoms with Gasteiger partial charge >= 0.3 is 0 Å². The first kappa shape index (κ1) is 23.2. The Morgan fingerprint density at radius 2 is 1.65 bits per heavy atom. The number of nitrogens with zero attached hydrogens (tertiary/aromatic N) is 2. The molecule has 0 saturated heterocycles.